The molecule has 0 aliphatic carbocycles. The largest absolute Gasteiger partial charge is 0.495 e. The number of rotatable bonds is 5. The predicted molar refractivity (Wildman–Crippen MR) is 109 cm³/mol. The summed E-state index contributed by atoms with van der Waals surface area (Å²) < 4.78 is 35.0. The van der Waals surface area contributed by atoms with Gasteiger partial charge >= 0.3 is 0 Å². The van der Waals surface area contributed by atoms with Crippen LogP contribution < -0.4 is 9.46 Å². The number of aromatic nitrogens is 4. The Morgan fingerprint density at radius 2 is 1.72 bits per heavy atom. The molecule has 4 rings (SSSR count). The number of nitrogens with one attached hydrogen (secondary N) is 1. The Balaban J connectivity index is 1.61. The molecule has 0 fully saturated rings. The van der Waals surface area contributed by atoms with E-state index in [0.717, 1.165) is 16.8 Å². The first kappa shape index (κ1) is 18.9. The summed E-state index contributed by atoms with van der Waals surface area (Å²) in [5.74, 6) is 0.995. The molecule has 0 unspecified atom stereocenters. The topological polar surface area (TPSA) is 98.5 Å². The molecule has 9 heteroatoms. The molecule has 0 radical (unpaired) electrons. The van der Waals surface area contributed by atoms with Crippen LogP contribution in [-0.2, 0) is 10.0 Å². The highest BCUT2D eigenvalue weighted by Crippen LogP contribution is 2.27. The van der Waals surface area contributed by atoms with Crippen molar-refractivity contribution in [1.29, 1.82) is 0 Å². The predicted octanol–water partition coefficient (Wildman–Crippen LogP) is 3.22. The molecule has 0 bridgehead atoms. The van der Waals surface area contributed by atoms with Crippen molar-refractivity contribution >= 4 is 21.4 Å². The highest BCUT2D eigenvalue weighted by atomic mass is 32.2. The lowest BCUT2D eigenvalue weighted by molar-refractivity contribution is 0.402. The van der Waals surface area contributed by atoms with Crippen molar-refractivity contribution in [3.05, 3.63) is 66.0 Å². The van der Waals surface area contributed by atoms with Gasteiger partial charge in [-0.2, -0.15) is 9.61 Å². The van der Waals surface area contributed by atoms with Crippen molar-refractivity contribution in [3.63, 3.8) is 0 Å². The van der Waals surface area contributed by atoms with Gasteiger partial charge in [0.25, 0.3) is 10.0 Å². The Kier molecular flexibility index (Phi) is 4.67. The fourth-order valence-electron chi connectivity index (χ4n) is 2.97. The lowest BCUT2D eigenvalue weighted by Crippen LogP contribution is -2.14. The van der Waals surface area contributed by atoms with Gasteiger partial charge in [-0.05, 0) is 55.8 Å². The zero-order valence-corrected chi connectivity index (χ0v) is 16.9. The highest BCUT2D eigenvalue weighted by molar-refractivity contribution is 7.92. The fourth-order valence-corrected chi connectivity index (χ4v) is 4.18. The maximum Gasteiger partial charge on any atom is 0.265 e. The van der Waals surface area contributed by atoms with Gasteiger partial charge in [-0.1, -0.05) is 18.2 Å². The van der Waals surface area contributed by atoms with E-state index in [4.69, 9.17) is 4.74 Å². The summed E-state index contributed by atoms with van der Waals surface area (Å²) in [6, 6.07) is 15.6. The van der Waals surface area contributed by atoms with E-state index in [1.165, 1.54) is 13.2 Å². The first-order valence-electron chi connectivity index (χ1n) is 8.84. The van der Waals surface area contributed by atoms with Gasteiger partial charge in [0.1, 0.15) is 10.6 Å². The number of sulfonamides is 1. The third-order valence-corrected chi connectivity index (χ3v) is 5.88. The minimum atomic E-state index is -3.79. The van der Waals surface area contributed by atoms with Crippen LogP contribution in [0.15, 0.2) is 59.5 Å². The minimum absolute atomic E-state index is 0.0878. The standard InChI is InChI=1S/C20H19N5O3S/c1-13-4-10-19(18(12-13)28-3)29(26,27)24-16-7-5-15(6-8-16)17-9-11-20-22-21-14(2)25(20)23-17/h4-12,24H,1-3H3. The average molecular weight is 409 g/mol. The molecule has 8 nitrogen and oxygen atoms in total. The van der Waals surface area contributed by atoms with E-state index in [1.807, 2.05) is 26.0 Å². The molecule has 0 aliphatic heterocycles. The molecule has 2 aromatic heterocycles. The van der Waals surface area contributed by atoms with Crippen molar-refractivity contribution in [2.24, 2.45) is 0 Å². The molecule has 29 heavy (non-hydrogen) atoms. The molecular formula is C20H19N5O3S. The maximum absolute atomic E-state index is 12.8. The fraction of sp³-hybridized carbons (Fsp3) is 0.150. The van der Waals surface area contributed by atoms with Crippen LogP contribution in [0.5, 0.6) is 5.75 Å². The Morgan fingerprint density at radius 3 is 2.45 bits per heavy atom. The smallest absolute Gasteiger partial charge is 0.265 e. The van der Waals surface area contributed by atoms with Gasteiger partial charge in [0.05, 0.1) is 12.8 Å². The van der Waals surface area contributed by atoms with Crippen molar-refractivity contribution < 1.29 is 13.2 Å². The Hall–Kier alpha value is -3.46. The van der Waals surface area contributed by atoms with Crippen LogP contribution in [-0.4, -0.2) is 35.3 Å². The molecule has 0 saturated carbocycles. The second kappa shape index (κ2) is 7.17. The van der Waals surface area contributed by atoms with Gasteiger partial charge in [0.2, 0.25) is 0 Å². The number of anilines is 1. The number of methoxy groups -OCH3 is 1. The van der Waals surface area contributed by atoms with Gasteiger partial charge < -0.3 is 4.74 Å². The van der Waals surface area contributed by atoms with E-state index >= 15 is 0 Å². The highest BCUT2D eigenvalue weighted by Gasteiger charge is 2.19. The van der Waals surface area contributed by atoms with E-state index in [2.05, 4.69) is 20.0 Å². The van der Waals surface area contributed by atoms with Crippen molar-refractivity contribution in [2.75, 3.05) is 11.8 Å². The van der Waals surface area contributed by atoms with E-state index in [1.54, 1.807) is 40.9 Å². The molecule has 4 aromatic rings. The first-order valence-corrected chi connectivity index (χ1v) is 10.3. The van der Waals surface area contributed by atoms with Crippen LogP contribution in [0.2, 0.25) is 0 Å². The molecule has 148 valence electrons. The lowest BCUT2D eigenvalue weighted by Gasteiger charge is -2.12. The number of ether oxygens (including phenoxy) is 1. The SMILES string of the molecule is COc1cc(C)ccc1S(=O)(=O)Nc1ccc(-c2ccc3nnc(C)n3n2)cc1. The van der Waals surface area contributed by atoms with E-state index < -0.39 is 10.0 Å². The van der Waals surface area contributed by atoms with Crippen LogP contribution in [0.4, 0.5) is 5.69 Å². The van der Waals surface area contributed by atoms with E-state index in [9.17, 15) is 8.42 Å². The molecule has 1 N–H and O–H groups in total. The Morgan fingerprint density at radius 1 is 0.966 bits per heavy atom. The van der Waals surface area contributed by atoms with E-state index in [0.29, 0.717) is 22.9 Å². The summed E-state index contributed by atoms with van der Waals surface area (Å²) in [5, 5.41) is 12.5. The monoisotopic (exact) mass is 409 g/mol. The molecule has 2 aromatic carbocycles. The van der Waals surface area contributed by atoms with Gasteiger partial charge in [-0.15, -0.1) is 10.2 Å². The quantitative estimate of drug-likeness (QED) is 0.543. The number of hydrogen-bond acceptors (Lipinski definition) is 6. The first-order chi connectivity index (χ1) is 13.9. The van der Waals surface area contributed by atoms with Crippen molar-refractivity contribution in [1.82, 2.24) is 19.8 Å². The second-order valence-corrected chi connectivity index (χ2v) is 8.22. The van der Waals surface area contributed by atoms with Crippen molar-refractivity contribution in [2.45, 2.75) is 18.7 Å². The third kappa shape index (κ3) is 3.64. The molecule has 0 spiro atoms. The molecule has 0 amide bonds. The minimum Gasteiger partial charge on any atom is -0.495 e. The maximum atomic E-state index is 12.8. The van der Waals surface area contributed by atoms with E-state index in [-0.39, 0.29) is 4.90 Å². The van der Waals surface area contributed by atoms with Crippen molar-refractivity contribution in [3.8, 4) is 17.0 Å². The van der Waals surface area contributed by atoms with Crippen LogP contribution >= 0.6 is 0 Å². The van der Waals surface area contributed by atoms with Crippen LogP contribution in [0, 0.1) is 13.8 Å². The normalized spacial score (nSPS) is 11.6. The number of hydrogen-bond donors (Lipinski definition) is 1. The average Bonchev–Trinajstić information content (AvgIpc) is 3.08. The van der Waals surface area contributed by atoms with Gasteiger partial charge in [0.15, 0.2) is 11.5 Å². The summed E-state index contributed by atoms with van der Waals surface area (Å²) in [4.78, 5) is 0.0878. The molecule has 0 atom stereocenters. The molecule has 0 saturated heterocycles. The Bertz CT molecular complexity index is 1300. The molecule has 2 heterocycles. The third-order valence-electron chi connectivity index (χ3n) is 4.46. The summed E-state index contributed by atoms with van der Waals surface area (Å²) in [7, 11) is -2.34. The number of aryl methyl sites for hydroxylation is 2. The zero-order valence-electron chi connectivity index (χ0n) is 16.1. The summed E-state index contributed by atoms with van der Waals surface area (Å²) in [6.07, 6.45) is 0. The van der Waals surface area contributed by atoms with Gasteiger partial charge in [-0.3, -0.25) is 4.72 Å². The van der Waals surface area contributed by atoms with Gasteiger partial charge in [-0.25, -0.2) is 8.42 Å². The number of fused-ring (bicyclic) bond motifs is 1. The molecular weight excluding hydrogens is 390 g/mol. The van der Waals surface area contributed by atoms with Crippen LogP contribution in [0.3, 0.4) is 0 Å². The molecule has 0 aliphatic rings. The zero-order chi connectivity index (χ0) is 20.6. The second-order valence-electron chi connectivity index (χ2n) is 6.57. The van der Waals surface area contributed by atoms with Crippen LogP contribution in [0.1, 0.15) is 11.4 Å². The van der Waals surface area contributed by atoms with Crippen LogP contribution in [0.25, 0.3) is 16.9 Å². The number of nitrogens with zero attached hydrogens (tertiary/aromatic N) is 4. The van der Waals surface area contributed by atoms with Gasteiger partial charge in [0, 0.05) is 11.3 Å². The number of benzene rings is 2. The Labute approximate surface area is 168 Å². The summed E-state index contributed by atoms with van der Waals surface area (Å²) >= 11 is 0. The summed E-state index contributed by atoms with van der Waals surface area (Å²) in [6.45, 7) is 3.70. The lowest BCUT2D eigenvalue weighted by atomic mass is 10.1. The summed E-state index contributed by atoms with van der Waals surface area (Å²) in [5.41, 5.74) is 3.60.